The van der Waals surface area contributed by atoms with Gasteiger partial charge in [0.15, 0.2) is 0 Å². The monoisotopic (exact) mass is 476 g/mol. The van der Waals surface area contributed by atoms with Gasteiger partial charge in [0.2, 0.25) is 0 Å². The Morgan fingerprint density at radius 2 is 1.39 bits per heavy atom. The van der Waals surface area contributed by atoms with Crippen LogP contribution in [-0.4, -0.2) is 52.4 Å². The van der Waals surface area contributed by atoms with Gasteiger partial charge in [-0.1, -0.05) is 23.7 Å². The summed E-state index contributed by atoms with van der Waals surface area (Å²) in [5.74, 6) is -0.490. The number of hydrogen-bond donors (Lipinski definition) is 3. The van der Waals surface area contributed by atoms with Crippen molar-refractivity contribution in [2.75, 3.05) is 10.6 Å². The molecule has 4 aliphatic carbocycles. The molecule has 2 aromatic carbocycles. The molecule has 6 rings (SSSR count). The number of benzene rings is 2. The topological polar surface area (TPSA) is 95.5 Å². The zero-order valence-electron chi connectivity index (χ0n) is 17.6. The molecule has 2 aromatic rings. The molecular formula is C25H26ClN2NaO4. The van der Waals surface area contributed by atoms with Crippen LogP contribution in [0.1, 0.15) is 54.4 Å². The average Bonchev–Trinajstić information content (AvgIpc) is 2.74. The number of carboxylic acid groups (broad SMARTS) is 1. The summed E-state index contributed by atoms with van der Waals surface area (Å²) in [4.78, 5) is 36.1. The van der Waals surface area contributed by atoms with Crippen LogP contribution in [0.3, 0.4) is 0 Å². The molecule has 4 bridgehead atoms. The van der Waals surface area contributed by atoms with E-state index < -0.39 is 17.8 Å². The number of anilines is 2. The number of hydrogen-bond acceptors (Lipinski definition) is 3. The van der Waals surface area contributed by atoms with Crippen molar-refractivity contribution in [1.82, 2.24) is 0 Å². The van der Waals surface area contributed by atoms with Gasteiger partial charge >= 0.3 is 47.3 Å². The summed E-state index contributed by atoms with van der Waals surface area (Å²) < 4.78 is 0. The van der Waals surface area contributed by atoms with Gasteiger partial charge in [0.25, 0.3) is 0 Å². The van der Waals surface area contributed by atoms with Gasteiger partial charge in [-0.05, 0) is 97.6 Å². The second-order valence-corrected chi connectivity index (χ2v) is 10.1. The minimum atomic E-state index is -1.25. The quantitative estimate of drug-likeness (QED) is 0.449. The Morgan fingerprint density at radius 1 is 0.848 bits per heavy atom. The van der Waals surface area contributed by atoms with Gasteiger partial charge in [0.05, 0.1) is 11.3 Å². The molecule has 4 aliphatic rings. The molecule has 0 unspecified atom stereocenters. The predicted octanol–water partition coefficient (Wildman–Crippen LogP) is 4.43. The molecule has 0 spiro atoms. The van der Waals surface area contributed by atoms with E-state index in [0.717, 1.165) is 17.8 Å². The average molecular weight is 477 g/mol. The van der Waals surface area contributed by atoms with Crippen LogP contribution in [0.25, 0.3) is 0 Å². The van der Waals surface area contributed by atoms with Crippen LogP contribution in [0.4, 0.5) is 11.4 Å². The Hall–Kier alpha value is -1.86. The number of carbonyl (C=O) groups excluding carboxylic acids is 2. The van der Waals surface area contributed by atoms with Crippen molar-refractivity contribution in [2.45, 2.75) is 43.9 Å². The Balaban J connectivity index is 0.00000259. The third kappa shape index (κ3) is 4.85. The Labute approximate surface area is 219 Å². The number of halogens is 1. The second kappa shape index (κ2) is 9.41. The maximum atomic E-state index is 12.4. The number of amides is 2. The Bertz CT molecular complexity index is 1070. The van der Waals surface area contributed by atoms with Crippen LogP contribution in [-0.2, 0) is 15.0 Å². The first kappa shape index (κ1) is 24.3. The molecule has 4 saturated carbocycles. The van der Waals surface area contributed by atoms with E-state index in [1.165, 1.54) is 62.3 Å². The number of carbonyl (C=O) groups is 3. The molecular weight excluding hydrogens is 451 g/mol. The van der Waals surface area contributed by atoms with E-state index in [2.05, 4.69) is 22.8 Å². The second-order valence-electron chi connectivity index (χ2n) is 9.68. The SMILES string of the molecule is O=C(Nc1ccc(C23CC4CC(CC(C4)C2)C3)cc1)C(=O)Nc1ccc(Cl)cc1C(=O)O.[NaH]. The van der Waals surface area contributed by atoms with Crippen molar-refractivity contribution >= 4 is 70.3 Å². The van der Waals surface area contributed by atoms with Crippen LogP contribution in [0.2, 0.25) is 5.02 Å². The van der Waals surface area contributed by atoms with E-state index in [4.69, 9.17) is 11.6 Å². The molecule has 33 heavy (non-hydrogen) atoms. The molecule has 6 nitrogen and oxygen atoms in total. The number of nitrogens with one attached hydrogen (secondary N) is 2. The summed E-state index contributed by atoms with van der Waals surface area (Å²) in [7, 11) is 0. The van der Waals surface area contributed by atoms with Crippen molar-refractivity contribution in [2.24, 2.45) is 17.8 Å². The summed E-state index contributed by atoms with van der Waals surface area (Å²) in [6, 6.07) is 11.9. The van der Waals surface area contributed by atoms with Gasteiger partial charge in [-0.3, -0.25) is 9.59 Å². The van der Waals surface area contributed by atoms with Gasteiger partial charge in [0.1, 0.15) is 0 Å². The molecule has 0 aromatic heterocycles. The zero-order chi connectivity index (χ0) is 22.5. The number of carboxylic acids is 1. The normalized spacial score (nSPS) is 26.9. The van der Waals surface area contributed by atoms with Gasteiger partial charge in [0, 0.05) is 10.7 Å². The van der Waals surface area contributed by atoms with E-state index in [0.29, 0.717) is 5.69 Å². The predicted molar refractivity (Wildman–Crippen MR) is 129 cm³/mol. The molecule has 0 heterocycles. The Morgan fingerprint density at radius 3 is 1.94 bits per heavy atom. The van der Waals surface area contributed by atoms with Gasteiger partial charge in [-0.15, -0.1) is 0 Å². The molecule has 0 radical (unpaired) electrons. The van der Waals surface area contributed by atoms with Crippen LogP contribution in [0.15, 0.2) is 42.5 Å². The van der Waals surface area contributed by atoms with Gasteiger partial charge < -0.3 is 15.7 Å². The zero-order valence-corrected chi connectivity index (χ0v) is 18.3. The van der Waals surface area contributed by atoms with E-state index in [-0.39, 0.29) is 51.2 Å². The molecule has 0 saturated heterocycles. The number of aromatic carboxylic acids is 1. The van der Waals surface area contributed by atoms with Crippen LogP contribution >= 0.6 is 11.6 Å². The fraction of sp³-hybridized carbons (Fsp3) is 0.400. The molecule has 4 fully saturated rings. The van der Waals surface area contributed by atoms with Crippen LogP contribution < -0.4 is 10.6 Å². The van der Waals surface area contributed by atoms with Crippen molar-refractivity contribution in [3.63, 3.8) is 0 Å². The van der Waals surface area contributed by atoms with Crippen molar-refractivity contribution < 1.29 is 19.5 Å². The van der Waals surface area contributed by atoms with Crippen LogP contribution in [0.5, 0.6) is 0 Å². The summed E-state index contributed by atoms with van der Waals surface area (Å²) in [5.41, 5.74) is 1.98. The van der Waals surface area contributed by atoms with E-state index >= 15 is 0 Å². The van der Waals surface area contributed by atoms with Gasteiger partial charge in [-0.2, -0.15) is 0 Å². The third-order valence-electron chi connectivity index (χ3n) is 7.46. The first-order chi connectivity index (χ1) is 15.3. The summed E-state index contributed by atoms with van der Waals surface area (Å²) in [6.07, 6.45) is 7.96. The van der Waals surface area contributed by atoms with Crippen molar-refractivity contribution in [3.05, 3.63) is 58.6 Å². The van der Waals surface area contributed by atoms with Crippen LogP contribution in [0, 0.1) is 17.8 Å². The fourth-order valence-electron chi connectivity index (χ4n) is 6.54. The molecule has 0 aliphatic heterocycles. The van der Waals surface area contributed by atoms with E-state index in [1.54, 1.807) is 0 Å². The summed E-state index contributed by atoms with van der Waals surface area (Å²) >= 11 is 5.82. The molecule has 168 valence electrons. The van der Waals surface area contributed by atoms with E-state index in [1.807, 2.05) is 12.1 Å². The van der Waals surface area contributed by atoms with E-state index in [9.17, 15) is 19.5 Å². The minimum absolute atomic E-state index is 0. The fourth-order valence-corrected chi connectivity index (χ4v) is 6.71. The standard InChI is InChI=1S/C25H25ClN2O4.Na.H/c26-18-3-6-21(20(10-18)24(31)32)28-23(30)22(29)27-19-4-1-17(2-5-19)25-11-14-7-15(12-25)9-16(8-14)13-25;;/h1-6,10,14-16H,7-9,11-13H2,(H,27,29)(H,28,30)(H,31,32);;. The first-order valence-corrected chi connectivity index (χ1v) is 11.4. The molecule has 0 atom stereocenters. The van der Waals surface area contributed by atoms with Crippen molar-refractivity contribution in [1.29, 1.82) is 0 Å². The summed E-state index contributed by atoms with van der Waals surface area (Å²) in [6.45, 7) is 0. The molecule has 2 amide bonds. The van der Waals surface area contributed by atoms with Crippen molar-refractivity contribution in [3.8, 4) is 0 Å². The number of rotatable bonds is 4. The summed E-state index contributed by atoms with van der Waals surface area (Å²) in [5, 5.41) is 14.5. The molecule has 8 heteroatoms. The Kier molecular flexibility index (Phi) is 6.92. The molecule has 3 N–H and O–H groups in total. The van der Waals surface area contributed by atoms with Gasteiger partial charge in [-0.25, -0.2) is 4.79 Å². The maximum absolute atomic E-state index is 12.4. The third-order valence-corrected chi connectivity index (χ3v) is 7.69. The first-order valence-electron chi connectivity index (χ1n) is 11.1.